The first-order chi connectivity index (χ1) is 20.4. The largest absolute Gasteiger partial charge is 0.416 e. The van der Waals surface area contributed by atoms with Crippen LogP contribution in [0.1, 0.15) is 46.6 Å². The zero-order valence-corrected chi connectivity index (χ0v) is 24.5. The van der Waals surface area contributed by atoms with Crippen LogP contribution in [0.5, 0.6) is 0 Å². The van der Waals surface area contributed by atoms with Crippen molar-refractivity contribution in [3.63, 3.8) is 0 Å². The lowest BCUT2D eigenvalue weighted by molar-refractivity contribution is -0.137. The zero-order chi connectivity index (χ0) is 30.7. The molecule has 0 saturated carbocycles. The second-order valence-corrected chi connectivity index (χ2v) is 11.6. The number of halogens is 3. The third kappa shape index (κ3) is 5.12. The van der Waals surface area contributed by atoms with E-state index in [2.05, 4.69) is 16.4 Å². The summed E-state index contributed by atoms with van der Waals surface area (Å²) in [6.45, 7) is 5.83. The number of nitrogens with one attached hydrogen (secondary N) is 1. The quantitative estimate of drug-likeness (QED) is 0.457. The number of hydrogen-bond donors (Lipinski definition) is 1. The monoisotopic (exact) mass is 594 g/mol. The van der Waals surface area contributed by atoms with Crippen LogP contribution in [-0.4, -0.2) is 55.1 Å². The predicted molar refractivity (Wildman–Crippen MR) is 155 cm³/mol. The molecule has 3 aliphatic heterocycles. The average Bonchev–Trinajstić information content (AvgIpc) is 3.51. The number of fused-ring (bicyclic) bond motifs is 2. The summed E-state index contributed by atoms with van der Waals surface area (Å²) in [6.07, 6.45) is -4.40. The Labute approximate surface area is 247 Å². The van der Waals surface area contributed by atoms with E-state index < -0.39 is 29.6 Å². The van der Waals surface area contributed by atoms with Crippen molar-refractivity contribution in [2.45, 2.75) is 57.5 Å². The molecule has 1 spiro atoms. The third-order valence-electron chi connectivity index (χ3n) is 8.54. The van der Waals surface area contributed by atoms with Crippen molar-refractivity contribution in [1.29, 1.82) is 0 Å². The molecule has 0 aliphatic carbocycles. The van der Waals surface area contributed by atoms with E-state index in [0.29, 0.717) is 32.0 Å². The first-order valence-electron chi connectivity index (χ1n) is 14.2. The number of alkyl halides is 3. The Kier molecular flexibility index (Phi) is 7.16. The van der Waals surface area contributed by atoms with Crippen LogP contribution in [0.25, 0.3) is 0 Å². The molecule has 0 bridgehead atoms. The summed E-state index contributed by atoms with van der Waals surface area (Å²) in [6, 6.07) is 10.5. The summed E-state index contributed by atoms with van der Waals surface area (Å²) in [4.78, 5) is 40.6. The molecule has 6 rings (SSSR count). The van der Waals surface area contributed by atoms with Crippen molar-refractivity contribution in [2.24, 2.45) is 0 Å². The van der Waals surface area contributed by atoms with Gasteiger partial charge in [-0.2, -0.15) is 13.2 Å². The Balaban J connectivity index is 1.26. The molecule has 43 heavy (non-hydrogen) atoms. The number of rotatable bonds is 6. The van der Waals surface area contributed by atoms with Gasteiger partial charge in [0.2, 0.25) is 11.8 Å². The summed E-state index contributed by atoms with van der Waals surface area (Å²) in [5.74, 6) is -1.01. The Morgan fingerprint density at radius 2 is 1.91 bits per heavy atom. The number of ether oxygens (including phenoxy) is 1. The van der Waals surface area contributed by atoms with E-state index in [9.17, 15) is 22.8 Å². The van der Waals surface area contributed by atoms with Crippen molar-refractivity contribution < 1.29 is 27.5 Å². The fourth-order valence-electron chi connectivity index (χ4n) is 6.34. The van der Waals surface area contributed by atoms with Gasteiger partial charge >= 0.3 is 6.18 Å². The Bertz CT molecular complexity index is 1610. The van der Waals surface area contributed by atoms with Gasteiger partial charge in [-0.05, 0) is 55.7 Å². The first-order valence-corrected chi connectivity index (χ1v) is 14.2. The molecule has 2 amide bonds. The molecule has 1 unspecified atom stereocenters. The van der Waals surface area contributed by atoms with E-state index in [0.717, 1.165) is 39.7 Å². The fourth-order valence-corrected chi connectivity index (χ4v) is 6.34. The number of amides is 2. The molecule has 3 aliphatic rings. The number of benzene rings is 1. The van der Waals surface area contributed by atoms with Gasteiger partial charge in [-0.25, -0.2) is 4.98 Å². The van der Waals surface area contributed by atoms with Crippen molar-refractivity contribution in [1.82, 2.24) is 15.3 Å². The molecule has 1 atom stereocenters. The second kappa shape index (κ2) is 10.6. The number of aryl methyl sites for hydroxylation is 2. The maximum atomic E-state index is 13.9. The Hall–Kier alpha value is -4.03. The van der Waals surface area contributed by atoms with Gasteiger partial charge in [-0.3, -0.25) is 24.8 Å². The fraction of sp³-hybridized carbons (Fsp3) is 0.419. The minimum atomic E-state index is -4.61. The SMILES string of the molecule is Cc1cc(C(F)(F)F)cc(N2C(=O)CCC2C(=O)N(C)c2cccc(C)c2N(C)Cc2ccc3c(n2)CNC32COC2)n1. The van der Waals surface area contributed by atoms with Gasteiger partial charge in [-0.15, -0.1) is 0 Å². The predicted octanol–water partition coefficient (Wildman–Crippen LogP) is 4.24. The topological polar surface area (TPSA) is 90.9 Å². The highest BCUT2D eigenvalue weighted by Gasteiger charge is 2.46. The summed E-state index contributed by atoms with van der Waals surface area (Å²) < 4.78 is 46.1. The molecule has 226 valence electrons. The van der Waals surface area contributed by atoms with Gasteiger partial charge in [0, 0.05) is 32.8 Å². The third-order valence-corrected chi connectivity index (χ3v) is 8.54. The van der Waals surface area contributed by atoms with Gasteiger partial charge in [-0.1, -0.05) is 18.2 Å². The second-order valence-electron chi connectivity index (χ2n) is 11.6. The molecule has 2 fully saturated rings. The van der Waals surface area contributed by atoms with Crippen molar-refractivity contribution in [2.75, 3.05) is 42.0 Å². The van der Waals surface area contributed by atoms with Crippen LogP contribution in [0.2, 0.25) is 0 Å². The maximum absolute atomic E-state index is 13.9. The number of nitrogens with zero attached hydrogens (tertiary/aromatic N) is 5. The Morgan fingerprint density at radius 3 is 2.60 bits per heavy atom. The molecule has 1 aromatic carbocycles. The number of likely N-dealkylation sites (N-methyl/N-ethyl adjacent to an activating group) is 1. The summed E-state index contributed by atoms with van der Waals surface area (Å²) in [5, 5.41) is 3.52. The number of carbonyl (C=O) groups excluding carboxylic acids is 2. The molecular formula is C31H33F3N6O3. The van der Waals surface area contributed by atoms with Crippen LogP contribution in [0.3, 0.4) is 0 Å². The van der Waals surface area contributed by atoms with Crippen molar-refractivity contribution in [3.8, 4) is 0 Å². The highest BCUT2D eigenvalue weighted by molar-refractivity contribution is 6.09. The van der Waals surface area contributed by atoms with Crippen molar-refractivity contribution >= 4 is 29.0 Å². The van der Waals surface area contributed by atoms with Crippen LogP contribution in [0, 0.1) is 13.8 Å². The molecular weight excluding hydrogens is 561 g/mol. The highest BCUT2D eigenvalue weighted by Crippen LogP contribution is 2.38. The Morgan fingerprint density at radius 1 is 1.14 bits per heavy atom. The molecule has 9 nitrogen and oxygen atoms in total. The normalized spacial score (nSPS) is 19.0. The molecule has 12 heteroatoms. The molecule has 3 aromatic rings. The van der Waals surface area contributed by atoms with Crippen molar-refractivity contribution in [3.05, 3.63) is 76.2 Å². The lowest BCUT2D eigenvalue weighted by Gasteiger charge is -2.38. The van der Waals surface area contributed by atoms with Gasteiger partial charge in [0.15, 0.2) is 0 Å². The minimum Gasteiger partial charge on any atom is -0.377 e. The van der Waals surface area contributed by atoms with Crippen LogP contribution in [-0.2, 0) is 39.1 Å². The van der Waals surface area contributed by atoms with Crippen LogP contribution in [0.15, 0.2) is 42.5 Å². The van der Waals surface area contributed by atoms with Crippen LogP contribution >= 0.6 is 0 Å². The number of aromatic nitrogens is 2. The molecule has 1 N–H and O–H groups in total. The van der Waals surface area contributed by atoms with Crippen LogP contribution < -0.4 is 20.0 Å². The lowest BCUT2D eigenvalue weighted by atomic mass is 9.90. The van der Waals surface area contributed by atoms with E-state index in [1.165, 1.54) is 17.4 Å². The number of anilines is 3. The van der Waals surface area contributed by atoms with E-state index in [-0.39, 0.29) is 29.9 Å². The van der Waals surface area contributed by atoms with Gasteiger partial charge in [0.25, 0.3) is 0 Å². The molecule has 0 radical (unpaired) electrons. The first kappa shape index (κ1) is 29.1. The number of para-hydroxylation sites is 1. The number of pyridine rings is 2. The van der Waals surface area contributed by atoms with Gasteiger partial charge in [0.1, 0.15) is 11.9 Å². The van der Waals surface area contributed by atoms with E-state index in [1.54, 1.807) is 7.05 Å². The van der Waals surface area contributed by atoms with Gasteiger partial charge in [0.05, 0.1) is 53.6 Å². The number of hydrogen-bond acceptors (Lipinski definition) is 7. The smallest absolute Gasteiger partial charge is 0.377 e. The van der Waals surface area contributed by atoms with E-state index >= 15 is 0 Å². The zero-order valence-electron chi connectivity index (χ0n) is 24.5. The summed E-state index contributed by atoms with van der Waals surface area (Å²) in [5.41, 5.74) is 4.49. The van der Waals surface area contributed by atoms with Crippen LogP contribution in [0.4, 0.5) is 30.4 Å². The maximum Gasteiger partial charge on any atom is 0.416 e. The minimum absolute atomic E-state index is 0.0358. The highest BCUT2D eigenvalue weighted by atomic mass is 19.4. The summed E-state index contributed by atoms with van der Waals surface area (Å²) >= 11 is 0. The summed E-state index contributed by atoms with van der Waals surface area (Å²) in [7, 11) is 3.55. The molecule has 2 saturated heterocycles. The van der Waals surface area contributed by atoms with E-state index in [1.807, 2.05) is 43.1 Å². The lowest BCUT2D eigenvalue weighted by Crippen LogP contribution is -2.53. The average molecular weight is 595 g/mol. The van der Waals surface area contributed by atoms with E-state index in [4.69, 9.17) is 9.72 Å². The molecule has 2 aromatic heterocycles. The molecule has 5 heterocycles. The van der Waals surface area contributed by atoms with Gasteiger partial charge < -0.3 is 14.5 Å². The standard InChI is InChI=1S/C31H33F3N6O3/c1-18-6-5-7-24(28(18)38(3)15-21-8-9-22-23(37-21)14-35-30(22)16-43-17-30)39(4)29(42)25-10-11-27(41)40(25)26-13-20(31(32,33)34)12-19(2)36-26/h5-9,12-13,25,35H,10-11,14-17H2,1-4H3. The number of carbonyl (C=O) groups is 2.